The molecule has 0 saturated carbocycles. The fraction of sp³-hybridized carbons (Fsp3) is 0.444. The van der Waals surface area contributed by atoms with E-state index in [1.54, 1.807) is 0 Å². The molecule has 1 aliphatic heterocycles. The van der Waals surface area contributed by atoms with E-state index in [1.165, 1.54) is 0 Å². The third kappa shape index (κ3) is 4.81. The van der Waals surface area contributed by atoms with Crippen molar-refractivity contribution in [2.45, 2.75) is 20.8 Å². The van der Waals surface area contributed by atoms with Crippen molar-refractivity contribution in [2.24, 2.45) is 5.92 Å². The van der Waals surface area contributed by atoms with Gasteiger partial charge in [0.25, 0.3) is 0 Å². The molecule has 0 aromatic heterocycles. The van der Waals surface area contributed by atoms with Gasteiger partial charge in [-0.25, -0.2) is 9.69 Å². The fourth-order valence-corrected chi connectivity index (χ4v) is 2.48. The van der Waals surface area contributed by atoms with Crippen LogP contribution in [0.5, 0.6) is 5.75 Å². The average Bonchev–Trinajstić information content (AvgIpc) is 2.76. The normalized spacial score (nSPS) is 14.4. The van der Waals surface area contributed by atoms with Crippen LogP contribution in [0.4, 0.5) is 4.79 Å². The molecule has 1 fully saturated rings. The van der Waals surface area contributed by atoms with Crippen LogP contribution in [0, 0.1) is 12.8 Å². The quantitative estimate of drug-likeness (QED) is 0.422. The van der Waals surface area contributed by atoms with Gasteiger partial charge >= 0.3 is 17.8 Å². The summed E-state index contributed by atoms with van der Waals surface area (Å²) in [7, 11) is 0. The summed E-state index contributed by atoms with van der Waals surface area (Å²) in [5.41, 5.74) is 1.06. The molecule has 1 aliphatic rings. The molecular formula is C18H23N3O5. The molecule has 0 radical (unpaired) electrons. The first kappa shape index (κ1) is 19.4. The molecule has 1 heterocycles. The zero-order valence-corrected chi connectivity index (χ0v) is 15.2. The maximum absolute atomic E-state index is 12.1. The summed E-state index contributed by atoms with van der Waals surface area (Å²) in [6.45, 7) is 5.72. The largest absolute Gasteiger partial charge is 0.492 e. The number of amides is 5. The third-order valence-corrected chi connectivity index (χ3v) is 3.67. The minimum Gasteiger partial charge on any atom is -0.492 e. The Bertz CT molecular complexity index is 717. The van der Waals surface area contributed by atoms with Crippen molar-refractivity contribution in [3.8, 4) is 5.75 Å². The molecule has 1 aromatic carbocycles. The van der Waals surface area contributed by atoms with Gasteiger partial charge in [-0.15, -0.1) is 0 Å². The highest BCUT2D eigenvalue weighted by molar-refractivity contribution is 6.45. The van der Waals surface area contributed by atoms with E-state index in [4.69, 9.17) is 4.74 Å². The molecule has 5 amide bonds. The number of imide groups is 2. The second kappa shape index (κ2) is 8.46. The molecule has 140 valence electrons. The average molecular weight is 361 g/mol. The van der Waals surface area contributed by atoms with Gasteiger partial charge in [0.15, 0.2) is 0 Å². The Labute approximate surface area is 152 Å². The highest BCUT2D eigenvalue weighted by atomic mass is 16.5. The highest BCUT2D eigenvalue weighted by Crippen LogP contribution is 2.14. The first-order valence-corrected chi connectivity index (χ1v) is 8.43. The summed E-state index contributed by atoms with van der Waals surface area (Å²) in [5.74, 6) is -1.66. The number of carbonyl (C=O) groups excluding carboxylic acids is 4. The Morgan fingerprint density at radius 1 is 1.15 bits per heavy atom. The number of hydrogen-bond acceptors (Lipinski definition) is 5. The molecule has 0 unspecified atom stereocenters. The van der Waals surface area contributed by atoms with E-state index in [-0.39, 0.29) is 25.6 Å². The van der Waals surface area contributed by atoms with E-state index < -0.39 is 30.3 Å². The van der Waals surface area contributed by atoms with Crippen molar-refractivity contribution in [3.05, 3.63) is 29.8 Å². The minimum absolute atomic E-state index is 0.0308. The molecule has 2 rings (SSSR count). The predicted molar refractivity (Wildman–Crippen MR) is 93.3 cm³/mol. The Kier molecular flexibility index (Phi) is 6.32. The van der Waals surface area contributed by atoms with E-state index in [0.717, 1.165) is 10.5 Å². The molecular weight excluding hydrogens is 338 g/mol. The molecule has 8 heteroatoms. The van der Waals surface area contributed by atoms with Crippen LogP contribution in [0.15, 0.2) is 24.3 Å². The molecule has 26 heavy (non-hydrogen) atoms. The highest BCUT2D eigenvalue weighted by Gasteiger charge is 2.45. The number of benzene rings is 1. The number of carbonyl (C=O) groups is 4. The van der Waals surface area contributed by atoms with Gasteiger partial charge in [0.1, 0.15) is 18.9 Å². The smallest absolute Gasteiger partial charge is 0.334 e. The van der Waals surface area contributed by atoms with Crippen LogP contribution in [0.2, 0.25) is 0 Å². The fourth-order valence-electron chi connectivity index (χ4n) is 2.48. The Hall–Kier alpha value is -2.90. The summed E-state index contributed by atoms with van der Waals surface area (Å²) in [5, 5.41) is 2.57. The number of urea groups is 1. The van der Waals surface area contributed by atoms with Gasteiger partial charge in [0.2, 0.25) is 5.91 Å². The SMILES string of the molecule is Cc1cccc(OCCNC(=O)CN2C(=O)C(=O)N(CC(C)C)C2=O)c1. The monoisotopic (exact) mass is 361 g/mol. The molecule has 1 saturated heterocycles. The van der Waals surface area contributed by atoms with Crippen LogP contribution in [-0.2, 0) is 14.4 Å². The van der Waals surface area contributed by atoms with Crippen molar-refractivity contribution in [2.75, 3.05) is 26.2 Å². The van der Waals surface area contributed by atoms with Gasteiger partial charge in [-0.1, -0.05) is 26.0 Å². The maximum Gasteiger partial charge on any atom is 0.334 e. The first-order valence-electron chi connectivity index (χ1n) is 8.43. The van der Waals surface area contributed by atoms with Gasteiger partial charge in [-0.2, -0.15) is 0 Å². The van der Waals surface area contributed by atoms with Crippen LogP contribution in [0.1, 0.15) is 19.4 Å². The topological polar surface area (TPSA) is 96.0 Å². The van der Waals surface area contributed by atoms with E-state index in [1.807, 2.05) is 45.0 Å². The molecule has 0 bridgehead atoms. The second-order valence-corrected chi connectivity index (χ2v) is 6.50. The predicted octanol–water partition coefficient (Wildman–Crippen LogP) is 0.937. The molecule has 8 nitrogen and oxygen atoms in total. The van der Waals surface area contributed by atoms with Crippen LogP contribution >= 0.6 is 0 Å². The number of nitrogens with one attached hydrogen (secondary N) is 1. The number of nitrogens with zero attached hydrogens (tertiary/aromatic N) is 2. The Morgan fingerprint density at radius 3 is 2.50 bits per heavy atom. The lowest BCUT2D eigenvalue weighted by Crippen LogP contribution is -2.42. The van der Waals surface area contributed by atoms with Gasteiger partial charge in [-0.3, -0.25) is 19.3 Å². The van der Waals surface area contributed by atoms with Gasteiger partial charge in [-0.05, 0) is 30.5 Å². The van der Waals surface area contributed by atoms with E-state index in [9.17, 15) is 19.2 Å². The van der Waals surface area contributed by atoms with Gasteiger partial charge in [0.05, 0.1) is 6.54 Å². The van der Waals surface area contributed by atoms with Crippen LogP contribution < -0.4 is 10.1 Å². The molecule has 0 aliphatic carbocycles. The summed E-state index contributed by atoms with van der Waals surface area (Å²) in [6, 6.07) is 6.75. The number of aryl methyl sites for hydroxylation is 1. The lowest BCUT2D eigenvalue weighted by molar-refractivity contribution is -0.144. The first-order chi connectivity index (χ1) is 12.3. The van der Waals surface area contributed by atoms with Crippen molar-refractivity contribution in [3.63, 3.8) is 0 Å². The Balaban J connectivity index is 1.79. The van der Waals surface area contributed by atoms with Crippen molar-refractivity contribution in [1.29, 1.82) is 0 Å². The number of ether oxygens (including phenoxy) is 1. The third-order valence-electron chi connectivity index (χ3n) is 3.67. The number of rotatable bonds is 8. The van der Waals surface area contributed by atoms with E-state index in [2.05, 4.69) is 5.32 Å². The van der Waals surface area contributed by atoms with Crippen LogP contribution in [0.25, 0.3) is 0 Å². The standard InChI is InChI=1S/C18H23N3O5/c1-12(2)10-20-16(23)17(24)21(18(20)25)11-15(22)19-7-8-26-14-6-4-5-13(3)9-14/h4-6,9,12H,7-8,10-11H2,1-3H3,(H,19,22). The summed E-state index contributed by atoms with van der Waals surface area (Å²) in [6.07, 6.45) is 0. The Morgan fingerprint density at radius 2 is 1.85 bits per heavy atom. The van der Waals surface area contributed by atoms with E-state index in [0.29, 0.717) is 10.6 Å². The van der Waals surface area contributed by atoms with Crippen LogP contribution in [-0.4, -0.2) is 59.8 Å². The number of hydrogen-bond donors (Lipinski definition) is 1. The minimum atomic E-state index is -0.971. The molecule has 0 spiro atoms. The van der Waals surface area contributed by atoms with Gasteiger partial charge < -0.3 is 10.1 Å². The van der Waals surface area contributed by atoms with E-state index >= 15 is 0 Å². The lowest BCUT2D eigenvalue weighted by atomic mass is 10.2. The zero-order chi connectivity index (χ0) is 19.3. The second-order valence-electron chi connectivity index (χ2n) is 6.50. The summed E-state index contributed by atoms with van der Waals surface area (Å²) in [4.78, 5) is 49.4. The molecule has 0 atom stereocenters. The zero-order valence-electron chi connectivity index (χ0n) is 15.2. The molecule has 1 aromatic rings. The van der Waals surface area contributed by atoms with Crippen molar-refractivity contribution < 1.29 is 23.9 Å². The summed E-state index contributed by atoms with van der Waals surface area (Å²) >= 11 is 0. The maximum atomic E-state index is 12.1. The summed E-state index contributed by atoms with van der Waals surface area (Å²) < 4.78 is 5.50. The van der Waals surface area contributed by atoms with Crippen molar-refractivity contribution >= 4 is 23.8 Å². The van der Waals surface area contributed by atoms with Crippen molar-refractivity contribution in [1.82, 2.24) is 15.1 Å². The van der Waals surface area contributed by atoms with Gasteiger partial charge in [0, 0.05) is 6.54 Å². The molecule has 1 N–H and O–H groups in total. The lowest BCUT2D eigenvalue weighted by Gasteiger charge is -2.16. The van der Waals surface area contributed by atoms with Crippen LogP contribution in [0.3, 0.4) is 0 Å².